The zero-order valence-electron chi connectivity index (χ0n) is 15.5. The number of rotatable bonds is 7. The fourth-order valence-corrected chi connectivity index (χ4v) is 3.65. The largest absolute Gasteiger partial charge is 0.492 e. The SMILES string of the molecule is CCn1ncc2c(C(=O)NCCOc3ccccc3)cc(-c3cccs3)nc21. The number of aromatic nitrogens is 3. The predicted octanol–water partition coefficient (Wildman–Crippen LogP) is 3.99. The zero-order valence-corrected chi connectivity index (χ0v) is 16.3. The first-order valence-corrected chi connectivity index (χ1v) is 10.0. The quantitative estimate of drug-likeness (QED) is 0.483. The molecule has 3 heterocycles. The van der Waals surface area contributed by atoms with Crippen LogP contribution in [0.3, 0.4) is 0 Å². The molecule has 7 heteroatoms. The number of pyridine rings is 1. The number of aryl methyl sites for hydroxylation is 1. The van der Waals surface area contributed by atoms with Crippen molar-refractivity contribution in [3.05, 3.63) is 65.7 Å². The zero-order chi connectivity index (χ0) is 19.3. The number of hydrogen-bond acceptors (Lipinski definition) is 5. The summed E-state index contributed by atoms with van der Waals surface area (Å²) in [5.41, 5.74) is 2.08. The third kappa shape index (κ3) is 3.75. The first-order chi connectivity index (χ1) is 13.8. The average molecular weight is 392 g/mol. The fraction of sp³-hybridized carbons (Fsp3) is 0.190. The van der Waals surface area contributed by atoms with E-state index in [-0.39, 0.29) is 5.91 Å². The monoisotopic (exact) mass is 392 g/mol. The second kappa shape index (κ2) is 8.22. The number of benzene rings is 1. The molecular formula is C21H20N4O2S. The summed E-state index contributed by atoms with van der Waals surface area (Å²) in [6, 6.07) is 15.4. The number of carbonyl (C=O) groups is 1. The van der Waals surface area contributed by atoms with Gasteiger partial charge in [0, 0.05) is 6.54 Å². The molecule has 0 saturated heterocycles. The van der Waals surface area contributed by atoms with E-state index in [9.17, 15) is 4.79 Å². The van der Waals surface area contributed by atoms with Gasteiger partial charge in [0.2, 0.25) is 0 Å². The summed E-state index contributed by atoms with van der Waals surface area (Å²) in [4.78, 5) is 18.6. The lowest BCUT2D eigenvalue weighted by Crippen LogP contribution is -2.28. The molecule has 0 aliphatic carbocycles. The maximum absolute atomic E-state index is 12.9. The van der Waals surface area contributed by atoms with Crippen molar-refractivity contribution in [2.24, 2.45) is 0 Å². The van der Waals surface area contributed by atoms with Crippen LogP contribution in [0.25, 0.3) is 21.6 Å². The third-order valence-corrected chi connectivity index (χ3v) is 5.22. The van der Waals surface area contributed by atoms with E-state index >= 15 is 0 Å². The lowest BCUT2D eigenvalue weighted by atomic mass is 10.1. The Hall–Kier alpha value is -3.19. The molecule has 3 aromatic heterocycles. The molecule has 1 aromatic carbocycles. The maximum atomic E-state index is 12.9. The highest BCUT2D eigenvalue weighted by Gasteiger charge is 2.17. The van der Waals surface area contributed by atoms with E-state index in [0.717, 1.165) is 27.4 Å². The topological polar surface area (TPSA) is 69.0 Å². The molecule has 0 fully saturated rings. The van der Waals surface area contributed by atoms with Crippen molar-refractivity contribution in [1.82, 2.24) is 20.1 Å². The highest BCUT2D eigenvalue weighted by atomic mass is 32.1. The van der Waals surface area contributed by atoms with Gasteiger partial charge in [-0.25, -0.2) is 9.67 Å². The fourth-order valence-electron chi connectivity index (χ4n) is 2.96. The Labute approximate surface area is 166 Å². The molecule has 4 aromatic rings. The number of nitrogens with zero attached hydrogens (tertiary/aromatic N) is 3. The van der Waals surface area contributed by atoms with Crippen molar-refractivity contribution in [3.63, 3.8) is 0 Å². The van der Waals surface area contributed by atoms with Gasteiger partial charge in [-0.15, -0.1) is 11.3 Å². The molecule has 0 aliphatic rings. The number of fused-ring (bicyclic) bond motifs is 1. The molecule has 0 saturated carbocycles. The minimum absolute atomic E-state index is 0.155. The molecule has 6 nitrogen and oxygen atoms in total. The van der Waals surface area contributed by atoms with Gasteiger partial charge in [0.05, 0.1) is 34.3 Å². The summed E-state index contributed by atoms with van der Waals surface area (Å²) in [6.45, 7) is 3.51. The highest BCUT2D eigenvalue weighted by molar-refractivity contribution is 7.13. The predicted molar refractivity (Wildman–Crippen MR) is 111 cm³/mol. The van der Waals surface area contributed by atoms with E-state index in [0.29, 0.717) is 25.3 Å². The summed E-state index contributed by atoms with van der Waals surface area (Å²) in [5, 5.41) is 10.1. The van der Waals surface area contributed by atoms with Gasteiger partial charge in [-0.05, 0) is 36.6 Å². The first kappa shape index (κ1) is 18.2. The molecule has 142 valence electrons. The Morgan fingerprint density at radius 1 is 1.21 bits per heavy atom. The molecular weight excluding hydrogens is 372 g/mol. The maximum Gasteiger partial charge on any atom is 0.252 e. The van der Waals surface area contributed by atoms with Gasteiger partial charge in [0.1, 0.15) is 12.4 Å². The molecule has 4 rings (SSSR count). The van der Waals surface area contributed by atoms with Crippen LogP contribution in [0.1, 0.15) is 17.3 Å². The van der Waals surface area contributed by atoms with E-state index in [1.165, 1.54) is 0 Å². The molecule has 28 heavy (non-hydrogen) atoms. The van der Waals surface area contributed by atoms with Gasteiger partial charge < -0.3 is 10.1 Å². The number of amides is 1. The molecule has 0 spiro atoms. The Kier molecular flexibility index (Phi) is 5.34. The van der Waals surface area contributed by atoms with Crippen LogP contribution in [0, 0.1) is 0 Å². The van der Waals surface area contributed by atoms with Gasteiger partial charge in [0.15, 0.2) is 5.65 Å². The van der Waals surface area contributed by atoms with Gasteiger partial charge in [-0.2, -0.15) is 5.10 Å². The van der Waals surface area contributed by atoms with E-state index in [1.54, 1.807) is 17.5 Å². The smallest absolute Gasteiger partial charge is 0.252 e. The molecule has 0 unspecified atom stereocenters. The number of hydrogen-bond donors (Lipinski definition) is 1. The van der Waals surface area contributed by atoms with Crippen LogP contribution in [-0.2, 0) is 6.54 Å². The van der Waals surface area contributed by atoms with Crippen LogP contribution >= 0.6 is 11.3 Å². The summed E-state index contributed by atoms with van der Waals surface area (Å²) in [6.07, 6.45) is 1.71. The van der Waals surface area contributed by atoms with Crippen molar-refractivity contribution in [2.45, 2.75) is 13.5 Å². The van der Waals surface area contributed by atoms with Crippen LogP contribution in [0.2, 0.25) is 0 Å². The van der Waals surface area contributed by atoms with Gasteiger partial charge in [-0.1, -0.05) is 24.3 Å². The van der Waals surface area contributed by atoms with Crippen molar-refractivity contribution in [2.75, 3.05) is 13.2 Å². The summed E-state index contributed by atoms with van der Waals surface area (Å²) in [7, 11) is 0. The van der Waals surface area contributed by atoms with E-state index < -0.39 is 0 Å². The van der Waals surface area contributed by atoms with Crippen LogP contribution < -0.4 is 10.1 Å². The van der Waals surface area contributed by atoms with Gasteiger partial charge >= 0.3 is 0 Å². The highest BCUT2D eigenvalue weighted by Crippen LogP contribution is 2.27. The van der Waals surface area contributed by atoms with Crippen molar-refractivity contribution in [1.29, 1.82) is 0 Å². The van der Waals surface area contributed by atoms with Gasteiger partial charge in [0.25, 0.3) is 5.91 Å². The van der Waals surface area contributed by atoms with Crippen molar-refractivity contribution < 1.29 is 9.53 Å². The first-order valence-electron chi connectivity index (χ1n) is 9.12. The molecule has 0 atom stereocenters. The number of thiophene rings is 1. The second-order valence-electron chi connectivity index (χ2n) is 6.15. The van der Waals surface area contributed by atoms with E-state index in [4.69, 9.17) is 9.72 Å². The Morgan fingerprint density at radius 3 is 2.82 bits per heavy atom. The lowest BCUT2D eigenvalue weighted by Gasteiger charge is -2.09. The van der Waals surface area contributed by atoms with Crippen molar-refractivity contribution >= 4 is 28.3 Å². The van der Waals surface area contributed by atoms with Gasteiger partial charge in [-0.3, -0.25) is 4.79 Å². The normalized spacial score (nSPS) is 10.9. The number of nitrogens with one attached hydrogen (secondary N) is 1. The minimum atomic E-state index is -0.155. The van der Waals surface area contributed by atoms with E-state index in [1.807, 2.05) is 65.5 Å². The van der Waals surface area contributed by atoms with Crippen molar-refractivity contribution in [3.8, 4) is 16.3 Å². The summed E-state index contributed by atoms with van der Waals surface area (Å²) < 4.78 is 7.45. The van der Waals surface area contributed by atoms with Crippen LogP contribution in [-0.4, -0.2) is 33.8 Å². The average Bonchev–Trinajstić information content (AvgIpc) is 3.40. The van der Waals surface area contributed by atoms with Crippen LogP contribution in [0.15, 0.2) is 60.1 Å². The third-order valence-electron chi connectivity index (χ3n) is 4.33. The van der Waals surface area contributed by atoms with Crippen LogP contribution in [0.5, 0.6) is 5.75 Å². The minimum Gasteiger partial charge on any atom is -0.492 e. The second-order valence-corrected chi connectivity index (χ2v) is 7.10. The standard InChI is InChI=1S/C21H20N4O2S/c1-2-25-20-17(14-23-25)16(13-18(24-20)19-9-6-12-28-19)21(26)22-10-11-27-15-7-4-3-5-8-15/h3-9,12-14H,2,10-11H2,1H3,(H,22,26). The summed E-state index contributed by atoms with van der Waals surface area (Å²) >= 11 is 1.60. The Bertz CT molecular complexity index is 1070. The molecule has 1 amide bonds. The molecule has 0 bridgehead atoms. The Morgan fingerprint density at radius 2 is 2.07 bits per heavy atom. The lowest BCUT2D eigenvalue weighted by molar-refractivity contribution is 0.0948. The van der Waals surface area contributed by atoms with Crippen LogP contribution in [0.4, 0.5) is 0 Å². The Balaban J connectivity index is 1.54. The molecule has 1 N–H and O–H groups in total. The van der Waals surface area contributed by atoms with E-state index in [2.05, 4.69) is 10.4 Å². The summed E-state index contributed by atoms with van der Waals surface area (Å²) in [5.74, 6) is 0.629. The number of para-hydroxylation sites is 1. The number of ether oxygens (including phenoxy) is 1. The number of carbonyl (C=O) groups excluding carboxylic acids is 1. The molecule has 0 aliphatic heterocycles. The molecule has 0 radical (unpaired) electrons.